The Morgan fingerprint density at radius 3 is 2.58 bits per heavy atom. The van der Waals surface area contributed by atoms with Crippen LogP contribution in [-0.2, 0) is 12.8 Å². The Labute approximate surface area is 135 Å². The second-order valence-corrected chi connectivity index (χ2v) is 5.25. The molecule has 0 aliphatic rings. The third kappa shape index (κ3) is 3.11. The van der Waals surface area contributed by atoms with Crippen LogP contribution >= 0.6 is 0 Å². The first-order valence-electron chi connectivity index (χ1n) is 7.08. The summed E-state index contributed by atoms with van der Waals surface area (Å²) in [5.74, 6) is 0. The summed E-state index contributed by atoms with van der Waals surface area (Å²) in [5, 5.41) is 12.4. The number of carbonyl (C=O) groups excluding carboxylic acids is 1. The molecule has 124 valence electrons. The highest BCUT2D eigenvalue weighted by Gasteiger charge is 2.31. The molecule has 3 aromatic rings. The molecule has 0 fully saturated rings. The number of hydrogen-bond donors (Lipinski definition) is 2. The third-order valence-corrected chi connectivity index (χ3v) is 3.57. The van der Waals surface area contributed by atoms with Crippen LogP contribution in [-0.4, -0.2) is 15.7 Å². The highest BCUT2D eigenvalue weighted by Crippen LogP contribution is 2.32. The smallest absolute Gasteiger partial charge is 0.392 e. The molecule has 3 rings (SSSR count). The van der Waals surface area contributed by atoms with Gasteiger partial charge in [0, 0.05) is 17.3 Å². The Morgan fingerprint density at radius 2 is 1.88 bits per heavy atom. The minimum Gasteiger partial charge on any atom is -0.392 e. The number of amides is 1. The molecule has 0 saturated heterocycles. The number of anilines is 1. The number of para-hydroxylation sites is 1. The highest BCUT2D eigenvalue weighted by molar-refractivity contribution is 5.98. The van der Waals surface area contributed by atoms with E-state index in [1.807, 2.05) is 12.1 Å². The summed E-state index contributed by atoms with van der Waals surface area (Å²) in [6.45, 7) is -0.556. The molecule has 4 nitrogen and oxygen atoms in total. The van der Waals surface area contributed by atoms with Crippen molar-refractivity contribution in [2.24, 2.45) is 0 Å². The zero-order chi connectivity index (χ0) is 17.3. The van der Waals surface area contributed by atoms with E-state index in [9.17, 15) is 18.0 Å². The lowest BCUT2D eigenvalue weighted by Gasteiger charge is -2.13. The minimum atomic E-state index is -4.56. The summed E-state index contributed by atoms with van der Waals surface area (Å²) in [6.07, 6.45) is -3.02. The molecule has 2 N–H and O–H groups in total. The molecule has 0 atom stereocenters. The van der Waals surface area contributed by atoms with E-state index in [0.717, 1.165) is 17.5 Å². The van der Waals surface area contributed by atoms with Crippen LogP contribution in [0.1, 0.15) is 11.1 Å². The lowest BCUT2D eigenvalue weighted by molar-refractivity contribution is -0.137. The van der Waals surface area contributed by atoms with Gasteiger partial charge in [-0.15, -0.1) is 0 Å². The molecule has 0 saturated carbocycles. The van der Waals surface area contributed by atoms with Gasteiger partial charge in [0.05, 0.1) is 17.7 Å². The Balaban J connectivity index is 1.94. The lowest BCUT2D eigenvalue weighted by Crippen LogP contribution is -2.19. The molecule has 0 unspecified atom stereocenters. The number of fused-ring (bicyclic) bond motifs is 1. The topological polar surface area (TPSA) is 54.3 Å². The van der Waals surface area contributed by atoms with E-state index >= 15 is 0 Å². The van der Waals surface area contributed by atoms with Gasteiger partial charge in [-0.25, -0.2) is 4.79 Å². The monoisotopic (exact) mass is 334 g/mol. The molecule has 24 heavy (non-hydrogen) atoms. The van der Waals surface area contributed by atoms with Crippen molar-refractivity contribution in [3.8, 4) is 0 Å². The first-order chi connectivity index (χ1) is 11.4. The highest BCUT2D eigenvalue weighted by atomic mass is 19.4. The summed E-state index contributed by atoms with van der Waals surface area (Å²) in [6, 6.07) is 11.3. The van der Waals surface area contributed by atoms with Crippen LogP contribution in [0.5, 0.6) is 0 Å². The fourth-order valence-corrected chi connectivity index (χ4v) is 2.46. The fraction of sp³-hybridized carbons (Fsp3) is 0.118. The van der Waals surface area contributed by atoms with Gasteiger partial charge in [-0.05, 0) is 35.9 Å². The molecule has 1 amide bonds. The van der Waals surface area contributed by atoms with E-state index < -0.39 is 24.4 Å². The summed E-state index contributed by atoms with van der Waals surface area (Å²) < 4.78 is 40.0. The van der Waals surface area contributed by atoms with Crippen molar-refractivity contribution in [2.75, 3.05) is 5.32 Å². The molecular weight excluding hydrogens is 321 g/mol. The fourth-order valence-electron chi connectivity index (χ4n) is 2.46. The molecule has 0 radical (unpaired) electrons. The van der Waals surface area contributed by atoms with E-state index in [4.69, 9.17) is 5.11 Å². The SMILES string of the molecule is O=C(Nc1cc(CO)cc(C(F)(F)F)c1)n1ccc2ccccc21. The summed E-state index contributed by atoms with van der Waals surface area (Å²) in [4.78, 5) is 12.4. The molecule has 1 heterocycles. The average Bonchev–Trinajstić information content (AvgIpc) is 2.97. The van der Waals surface area contributed by atoms with Crippen LogP contribution in [0.4, 0.5) is 23.7 Å². The van der Waals surface area contributed by atoms with Crippen LogP contribution in [0.3, 0.4) is 0 Å². The molecule has 0 aliphatic heterocycles. The number of carbonyl (C=O) groups is 1. The maximum atomic E-state index is 12.9. The van der Waals surface area contributed by atoms with Crippen molar-refractivity contribution < 1.29 is 23.1 Å². The predicted molar refractivity (Wildman–Crippen MR) is 83.7 cm³/mol. The summed E-state index contributed by atoms with van der Waals surface area (Å²) in [7, 11) is 0. The van der Waals surface area contributed by atoms with Crippen LogP contribution in [0.2, 0.25) is 0 Å². The zero-order valence-electron chi connectivity index (χ0n) is 12.3. The van der Waals surface area contributed by atoms with Crippen molar-refractivity contribution in [2.45, 2.75) is 12.8 Å². The maximum absolute atomic E-state index is 12.9. The number of aromatic nitrogens is 1. The van der Waals surface area contributed by atoms with E-state index in [2.05, 4.69) is 5.32 Å². The Hall–Kier alpha value is -2.80. The van der Waals surface area contributed by atoms with Crippen LogP contribution in [0, 0.1) is 0 Å². The number of rotatable bonds is 2. The quantitative estimate of drug-likeness (QED) is 0.737. The van der Waals surface area contributed by atoms with Crippen LogP contribution in [0.15, 0.2) is 54.7 Å². The first-order valence-corrected chi connectivity index (χ1v) is 7.08. The Bertz CT molecular complexity index is 900. The number of hydrogen-bond acceptors (Lipinski definition) is 2. The van der Waals surface area contributed by atoms with Gasteiger partial charge >= 0.3 is 12.2 Å². The van der Waals surface area contributed by atoms with Gasteiger partial charge < -0.3 is 10.4 Å². The lowest BCUT2D eigenvalue weighted by atomic mass is 10.1. The molecule has 7 heteroatoms. The van der Waals surface area contributed by atoms with Gasteiger partial charge in [-0.2, -0.15) is 13.2 Å². The van der Waals surface area contributed by atoms with E-state index in [0.29, 0.717) is 5.52 Å². The predicted octanol–water partition coefficient (Wildman–Crippen LogP) is 4.23. The van der Waals surface area contributed by atoms with Gasteiger partial charge in [0.15, 0.2) is 0 Å². The number of aliphatic hydroxyl groups excluding tert-OH is 1. The van der Waals surface area contributed by atoms with Crippen LogP contribution in [0.25, 0.3) is 10.9 Å². The number of benzene rings is 2. The second-order valence-electron chi connectivity index (χ2n) is 5.25. The van der Waals surface area contributed by atoms with Gasteiger partial charge in [0.25, 0.3) is 0 Å². The third-order valence-electron chi connectivity index (χ3n) is 3.57. The van der Waals surface area contributed by atoms with E-state index in [1.165, 1.54) is 10.6 Å². The van der Waals surface area contributed by atoms with Gasteiger partial charge in [-0.1, -0.05) is 18.2 Å². The minimum absolute atomic E-state index is 0.0309. The first kappa shape index (κ1) is 16.1. The molecule has 1 aromatic heterocycles. The average molecular weight is 334 g/mol. The number of nitrogens with zero attached hydrogens (tertiary/aromatic N) is 1. The maximum Gasteiger partial charge on any atom is 0.416 e. The number of nitrogens with one attached hydrogen (secondary N) is 1. The van der Waals surface area contributed by atoms with Crippen molar-refractivity contribution in [1.82, 2.24) is 4.57 Å². The normalized spacial score (nSPS) is 11.7. The van der Waals surface area contributed by atoms with Crippen molar-refractivity contribution in [1.29, 1.82) is 0 Å². The molecule has 0 spiro atoms. The molecule has 0 aliphatic carbocycles. The molecule has 0 bridgehead atoms. The van der Waals surface area contributed by atoms with Crippen LogP contribution < -0.4 is 5.32 Å². The number of aliphatic hydroxyl groups is 1. The Kier molecular flexibility index (Phi) is 4.02. The number of alkyl halides is 3. The van der Waals surface area contributed by atoms with E-state index in [1.54, 1.807) is 24.4 Å². The van der Waals surface area contributed by atoms with Crippen molar-refractivity contribution >= 4 is 22.6 Å². The molecular formula is C17H13F3N2O2. The summed E-state index contributed by atoms with van der Waals surface area (Å²) >= 11 is 0. The van der Waals surface area contributed by atoms with Gasteiger partial charge in [0.2, 0.25) is 0 Å². The summed E-state index contributed by atoms with van der Waals surface area (Å²) in [5.41, 5.74) is -0.250. The second kappa shape index (κ2) is 6.01. The standard InChI is InChI=1S/C17H13F3N2O2/c18-17(19,20)13-7-11(10-23)8-14(9-13)21-16(24)22-6-5-12-3-1-2-4-15(12)22/h1-9,23H,10H2,(H,21,24). The number of halogens is 3. The van der Waals surface area contributed by atoms with Gasteiger partial charge in [0.1, 0.15) is 0 Å². The van der Waals surface area contributed by atoms with Crippen molar-refractivity contribution in [3.05, 3.63) is 65.9 Å². The largest absolute Gasteiger partial charge is 0.416 e. The molecule has 2 aromatic carbocycles. The zero-order valence-corrected chi connectivity index (χ0v) is 12.3. The van der Waals surface area contributed by atoms with Crippen molar-refractivity contribution in [3.63, 3.8) is 0 Å². The Morgan fingerprint density at radius 1 is 1.12 bits per heavy atom. The van der Waals surface area contributed by atoms with E-state index in [-0.39, 0.29) is 11.3 Å². The van der Waals surface area contributed by atoms with Gasteiger partial charge in [-0.3, -0.25) is 4.57 Å².